The van der Waals surface area contributed by atoms with Crippen LogP contribution < -0.4 is 0 Å². The maximum atomic E-state index is 9.52. The summed E-state index contributed by atoms with van der Waals surface area (Å²) in [6, 6.07) is 0. The third kappa shape index (κ3) is 4.60. The van der Waals surface area contributed by atoms with Crippen molar-refractivity contribution in [3.8, 4) is 0 Å². The highest BCUT2D eigenvalue weighted by Gasteiger charge is 2.34. The molecule has 0 rings (SSSR count). The Morgan fingerprint density at radius 2 is 1.23 bits per heavy atom. The van der Waals surface area contributed by atoms with Crippen LogP contribution in [0.4, 0.5) is 0 Å². The van der Waals surface area contributed by atoms with Gasteiger partial charge < -0.3 is 14.6 Å². The van der Waals surface area contributed by atoms with Crippen LogP contribution in [-0.4, -0.2) is 29.2 Å². The largest absolute Gasteiger partial charge is 0.388 e. The van der Waals surface area contributed by atoms with Gasteiger partial charge in [-0.1, -0.05) is 0 Å². The lowest BCUT2D eigenvalue weighted by atomic mass is 10.2. The quantitative estimate of drug-likeness (QED) is 0.673. The summed E-state index contributed by atoms with van der Waals surface area (Å²) < 4.78 is 11.1. The molecule has 0 spiro atoms. The van der Waals surface area contributed by atoms with E-state index in [1.807, 2.05) is 27.7 Å². The molecule has 13 heavy (non-hydrogen) atoms. The molecule has 80 valence electrons. The maximum Gasteiger partial charge on any atom is 0.191 e. The van der Waals surface area contributed by atoms with Crippen molar-refractivity contribution in [2.24, 2.45) is 0 Å². The molecule has 0 aromatic heterocycles. The van der Waals surface area contributed by atoms with Gasteiger partial charge in [-0.15, -0.1) is 0 Å². The van der Waals surface area contributed by atoms with Gasteiger partial charge in [-0.3, -0.25) is 0 Å². The number of rotatable bonds is 5. The van der Waals surface area contributed by atoms with Gasteiger partial charge in [-0.2, -0.15) is 0 Å². The van der Waals surface area contributed by atoms with Crippen LogP contribution in [0.1, 0.15) is 41.5 Å². The van der Waals surface area contributed by atoms with Crippen molar-refractivity contribution in [3.05, 3.63) is 0 Å². The van der Waals surface area contributed by atoms with Crippen molar-refractivity contribution in [2.45, 2.75) is 65.6 Å². The Bertz CT molecular complexity index is 131. The molecule has 0 heterocycles. The molecular weight excluding hydrogens is 168 g/mol. The molecule has 0 aromatic carbocycles. The maximum absolute atomic E-state index is 9.52. The van der Waals surface area contributed by atoms with Crippen LogP contribution in [0.2, 0.25) is 0 Å². The lowest BCUT2D eigenvalue weighted by Gasteiger charge is -2.35. The third-order valence-corrected chi connectivity index (χ3v) is 1.70. The second kappa shape index (κ2) is 4.94. The van der Waals surface area contributed by atoms with Crippen LogP contribution in [0.5, 0.6) is 0 Å². The van der Waals surface area contributed by atoms with E-state index in [1.165, 1.54) is 0 Å². The first-order chi connectivity index (χ1) is 5.78. The van der Waals surface area contributed by atoms with Crippen LogP contribution in [0.15, 0.2) is 0 Å². The Morgan fingerprint density at radius 1 is 0.923 bits per heavy atom. The average Bonchev–Trinajstić information content (AvgIpc) is 1.82. The molecule has 0 aliphatic heterocycles. The van der Waals surface area contributed by atoms with Crippen molar-refractivity contribution >= 4 is 0 Å². The molecule has 0 fully saturated rings. The highest BCUT2D eigenvalue weighted by molar-refractivity contribution is 4.72. The van der Waals surface area contributed by atoms with Crippen LogP contribution >= 0.6 is 0 Å². The standard InChI is InChI=1S/C10H22O3/c1-7(2)12-10(6,9(5)11)13-8(3)4/h7-9,11H,1-6H3. The van der Waals surface area contributed by atoms with Gasteiger partial charge in [0.1, 0.15) is 6.10 Å². The Labute approximate surface area is 81.0 Å². The first-order valence-corrected chi connectivity index (χ1v) is 4.81. The minimum atomic E-state index is -0.900. The zero-order chi connectivity index (χ0) is 10.6. The molecule has 3 nitrogen and oxygen atoms in total. The van der Waals surface area contributed by atoms with Crippen molar-refractivity contribution in [2.75, 3.05) is 0 Å². The van der Waals surface area contributed by atoms with E-state index in [2.05, 4.69) is 0 Å². The van der Waals surface area contributed by atoms with Gasteiger partial charge in [-0.05, 0) is 41.5 Å². The summed E-state index contributed by atoms with van der Waals surface area (Å²) in [5.41, 5.74) is 0. The third-order valence-electron chi connectivity index (χ3n) is 1.70. The molecular formula is C10H22O3. The van der Waals surface area contributed by atoms with Crippen LogP contribution in [0.3, 0.4) is 0 Å². The molecule has 0 aliphatic rings. The minimum Gasteiger partial charge on any atom is -0.388 e. The van der Waals surface area contributed by atoms with Crippen LogP contribution in [0, 0.1) is 0 Å². The molecule has 0 saturated carbocycles. The van der Waals surface area contributed by atoms with Gasteiger partial charge in [0.25, 0.3) is 0 Å². The SMILES string of the molecule is CC(C)OC(C)(OC(C)C)C(C)O. The highest BCUT2D eigenvalue weighted by atomic mass is 16.7. The first-order valence-electron chi connectivity index (χ1n) is 4.81. The molecule has 1 unspecified atom stereocenters. The number of aliphatic hydroxyl groups excluding tert-OH is 1. The first kappa shape index (κ1) is 12.9. The Balaban J connectivity index is 4.34. The van der Waals surface area contributed by atoms with E-state index in [4.69, 9.17) is 9.47 Å². The van der Waals surface area contributed by atoms with Gasteiger partial charge in [0, 0.05) is 0 Å². The summed E-state index contributed by atoms with van der Waals surface area (Å²) in [7, 11) is 0. The van der Waals surface area contributed by atoms with E-state index in [0.29, 0.717) is 0 Å². The van der Waals surface area contributed by atoms with E-state index in [-0.39, 0.29) is 12.2 Å². The highest BCUT2D eigenvalue weighted by Crippen LogP contribution is 2.21. The fraction of sp³-hybridized carbons (Fsp3) is 1.00. The molecule has 0 aromatic rings. The predicted molar refractivity (Wildman–Crippen MR) is 52.5 cm³/mol. The molecule has 1 atom stereocenters. The van der Waals surface area contributed by atoms with E-state index >= 15 is 0 Å². The molecule has 3 heteroatoms. The molecule has 0 amide bonds. The van der Waals surface area contributed by atoms with Gasteiger partial charge in [0.15, 0.2) is 5.79 Å². The Morgan fingerprint density at radius 3 is 1.38 bits per heavy atom. The normalized spacial score (nSPS) is 15.5. The van der Waals surface area contributed by atoms with Gasteiger partial charge >= 0.3 is 0 Å². The predicted octanol–water partition coefficient (Wildman–Crippen LogP) is 1.93. The van der Waals surface area contributed by atoms with Gasteiger partial charge in [0.05, 0.1) is 12.2 Å². The van der Waals surface area contributed by atoms with Crippen molar-refractivity contribution < 1.29 is 14.6 Å². The number of ether oxygens (including phenoxy) is 2. The summed E-state index contributed by atoms with van der Waals surface area (Å²) in [6.45, 7) is 11.1. The number of aliphatic hydroxyl groups is 1. The monoisotopic (exact) mass is 190 g/mol. The molecule has 0 radical (unpaired) electrons. The summed E-state index contributed by atoms with van der Waals surface area (Å²) in [5, 5.41) is 9.52. The van der Waals surface area contributed by atoms with Gasteiger partial charge in [-0.25, -0.2) is 0 Å². The van der Waals surface area contributed by atoms with Crippen LogP contribution in [0.25, 0.3) is 0 Å². The lowest BCUT2D eigenvalue weighted by molar-refractivity contribution is -0.295. The second-order valence-corrected chi connectivity index (χ2v) is 4.03. The zero-order valence-electron chi connectivity index (χ0n) is 9.50. The lowest BCUT2D eigenvalue weighted by Crippen LogP contribution is -2.46. The summed E-state index contributed by atoms with van der Waals surface area (Å²) in [5.74, 6) is -0.900. The Kier molecular flexibility index (Phi) is 4.89. The van der Waals surface area contributed by atoms with Crippen LogP contribution in [-0.2, 0) is 9.47 Å². The van der Waals surface area contributed by atoms with Gasteiger partial charge in [0.2, 0.25) is 0 Å². The van der Waals surface area contributed by atoms with Crippen molar-refractivity contribution in [1.29, 1.82) is 0 Å². The topological polar surface area (TPSA) is 38.7 Å². The number of hydrogen-bond donors (Lipinski definition) is 1. The Hall–Kier alpha value is -0.120. The number of hydrogen-bond acceptors (Lipinski definition) is 3. The zero-order valence-corrected chi connectivity index (χ0v) is 9.50. The molecule has 0 aliphatic carbocycles. The summed E-state index contributed by atoms with van der Waals surface area (Å²) >= 11 is 0. The second-order valence-electron chi connectivity index (χ2n) is 4.03. The van der Waals surface area contributed by atoms with E-state index in [9.17, 15) is 5.11 Å². The fourth-order valence-electron chi connectivity index (χ4n) is 1.16. The minimum absolute atomic E-state index is 0.0401. The van der Waals surface area contributed by atoms with Crippen molar-refractivity contribution in [1.82, 2.24) is 0 Å². The van der Waals surface area contributed by atoms with E-state index in [1.54, 1.807) is 13.8 Å². The van der Waals surface area contributed by atoms with Crippen molar-refractivity contribution in [3.63, 3.8) is 0 Å². The molecule has 0 bridgehead atoms. The smallest absolute Gasteiger partial charge is 0.191 e. The fourth-order valence-corrected chi connectivity index (χ4v) is 1.16. The molecule has 1 N–H and O–H groups in total. The summed E-state index contributed by atoms with van der Waals surface area (Å²) in [4.78, 5) is 0. The van der Waals surface area contributed by atoms with E-state index < -0.39 is 11.9 Å². The van der Waals surface area contributed by atoms with E-state index in [0.717, 1.165) is 0 Å². The molecule has 0 saturated heterocycles. The average molecular weight is 190 g/mol. The summed E-state index contributed by atoms with van der Waals surface area (Å²) in [6.07, 6.45) is -0.561.